The molecule has 1 aliphatic rings. The van der Waals surface area contributed by atoms with Crippen molar-refractivity contribution in [2.75, 3.05) is 23.3 Å². The van der Waals surface area contributed by atoms with Crippen LogP contribution < -0.4 is 10.2 Å². The Hall–Kier alpha value is -3.54. The highest BCUT2D eigenvalue weighted by Crippen LogP contribution is 2.40. The highest BCUT2D eigenvalue weighted by atomic mass is 16.4. The van der Waals surface area contributed by atoms with Gasteiger partial charge in [-0.05, 0) is 61.9 Å². The Bertz CT molecular complexity index is 1380. The number of anilines is 2. The number of carboxylic acid groups (broad SMARTS) is 1. The van der Waals surface area contributed by atoms with E-state index < -0.39 is 5.97 Å². The van der Waals surface area contributed by atoms with Crippen molar-refractivity contribution >= 4 is 39.4 Å². The number of carboxylic acids is 1. The Labute approximate surface area is 199 Å². The number of aromatic carboxylic acids is 1. The fourth-order valence-electron chi connectivity index (χ4n) is 4.95. The Kier molecular flexibility index (Phi) is 5.47. The molecule has 1 atom stereocenters. The largest absolute Gasteiger partial charge is 0.478 e. The zero-order valence-electron chi connectivity index (χ0n) is 20.2. The minimum Gasteiger partial charge on any atom is -0.478 e. The third-order valence-corrected chi connectivity index (χ3v) is 7.06. The molecule has 1 fully saturated rings. The first-order valence-electron chi connectivity index (χ1n) is 11.9. The van der Waals surface area contributed by atoms with E-state index in [-0.39, 0.29) is 11.6 Å². The van der Waals surface area contributed by atoms with Crippen molar-refractivity contribution in [2.24, 2.45) is 5.41 Å². The number of furan rings is 1. The van der Waals surface area contributed by atoms with Crippen LogP contribution >= 0.6 is 0 Å². The molecule has 0 amide bonds. The summed E-state index contributed by atoms with van der Waals surface area (Å²) in [7, 11) is 0. The average molecular weight is 458 g/mol. The van der Waals surface area contributed by atoms with E-state index in [1.165, 1.54) is 0 Å². The van der Waals surface area contributed by atoms with Gasteiger partial charge in [0.2, 0.25) is 0 Å². The molecule has 2 aromatic carbocycles. The predicted molar refractivity (Wildman–Crippen MR) is 137 cm³/mol. The highest BCUT2D eigenvalue weighted by Gasteiger charge is 2.28. The van der Waals surface area contributed by atoms with E-state index in [0.29, 0.717) is 11.1 Å². The fraction of sp³-hybridized carbons (Fsp3) is 0.357. The van der Waals surface area contributed by atoms with Gasteiger partial charge < -0.3 is 19.7 Å². The summed E-state index contributed by atoms with van der Waals surface area (Å²) < 4.78 is 6.55. The second kappa shape index (κ2) is 8.35. The van der Waals surface area contributed by atoms with Gasteiger partial charge in [-0.25, -0.2) is 4.79 Å². The maximum absolute atomic E-state index is 11.7. The smallest absolute Gasteiger partial charge is 0.337 e. The van der Waals surface area contributed by atoms with E-state index in [2.05, 4.69) is 49.2 Å². The minimum atomic E-state index is -0.952. The van der Waals surface area contributed by atoms with Crippen molar-refractivity contribution in [3.63, 3.8) is 0 Å². The van der Waals surface area contributed by atoms with Crippen LogP contribution in [-0.4, -0.2) is 29.1 Å². The molecule has 176 valence electrons. The molecular formula is C28H31N3O3. The first kappa shape index (κ1) is 22.3. The molecule has 6 heteroatoms. The first-order valence-corrected chi connectivity index (χ1v) is 11.9. The molecule has 6 nitrogen and oxygen atoms in total. The van der Waals surface area contributed by atoms with Gasteiger partial charge in [0.1, 0.15) is 11.1 Å². The second-order valence-electron chi connectivity index (χ2n) is 10.2. The van der Waals surface area contributed by atoms with Crippen LogP contribution in [0.5, 0.6) is 0 Å². The van der Waals surface area contributed by atoms with Gasteiger partial charge in [0.25, 0.3) is 0 Å². The maximum atomic E-state index is 11.7. The van der Waals surface area contributed by atoms with Crippen molar-refractivity contribution in [1.29, 1.82) is 0 Å². The van der Waals surface area contributed by atoms with Gasteiger partial charge in [0.05, 0.1) is 17.3 Å². The van der Waals surface area contributed by atoms with Gasteiger partial charge in [0, 0.05) is 35.9 Å². The normalized spacial score (nSPS) is 16.6. The van der Waals surface area contributed by atoms with Gasteiger partial charge in [-0.2, -0.15) is 0 Å². The number of carbonyl (C=O) groups is 1. The Morgan fingerprint density at radius 2 is 1.88 bits per heavy atom. The number of pyridine rings is 1. The lowest BCUT2D eigenvalue weighted by Crippen LogP contribution is -2.37. The topological polar surface area (TPSA) is 78.6 Å². The molecule has 2 N–H and O–H groups in total. The lowest BCUT2D eigenvalue weighted by Gasteiger charge is -2.38. The van der Waals surface area contributed by atoms with E-state index in [1.54, 1.807) is 18.2 Å². The lowest BCUT2D eigenvalue weighted by atomic mass is 9.82. The predicted octanol–water partition coefficient (Wildman–Crippen LogP) is 6.79. The second-order valence-corrected chi connectivity index (χ2v) is 10.2. The summed E-state index contributed by atoms with van der Waals surface area (Å²) in [6, 6.07) is 13.1. The minimum absolute atomic E-state index is 0.164. The lowest BCUT2D eigenvalue weighted by molar-refractivity contribution is 0.0698. The molecule has 5 rings (SSSR count). The Morgan fingerprint density at radius 3 is 2.62 bits per heavy atom. The van der Waals surface area contributed by atoms with Crippen LogP contribution in [-0.2, 0) is 0 Å². The molecule has 0 saturated carbocycles. The summed E-state index contributed by atoms with van der Waals surface area (Å²) in [5, 5.41) is 14.0. The summed E-state index contributed by atoms with van der Waals surface area (Å²) in [6.07, 6.45) is 4.16. The molecule has 0 aliphatic carbocycles. The average Bonchev–Trinajstić information content (AvgIpc) is 3.17. The van der Waals surface area contributed by atoms with E-state index in [0.717, 1.165) is 64.8 Å². The summed E-state index contributed by atoms with van der Waals surface area (Å²) in [5.74, 6) is -0.952. The number of nitrogens with zero attached hydrogens (tertiary/aromatic N) is 2. The first-order chi connectivity index (χ1) is 16.2. The molecule has 3 heterocycles. The number of fused-ring (bicyclic) bond motifs is 3. The number of para-hydroxylation sites is 1. The van der Waals surface area contributed by atoms with Crippen LogP contribution in [0.15, 0.2) is 53.1 Å². The number of hydrogen-bond donors (Lipinski definition) is 2. The number of piperidine rings is 1. The molecule has 0 radical (unpaired) electrons. The van der Waals surface area contributed by atoms with Gasteiger partial charge in [-0.15, -0.1) is 0 Å². The highest BCUT2D eigenvalue weighted by molar-refractivity contribution is 6.07. The third-order valence-electron chi connectivity index (χ3n) is 7.06. The monoisotopic (exact) mass is 457 g/mol. The number of aromatic nitrogens is 1. The summed E-state index contributed by atoms with van der Waals surface area (Å²) in [4.78, 5) is 18.8. The van der Waals surface area contributed by atoms with Gasteiger partial charge in [-0.1, -0.05) is 32.0 Å². The van der Waals surface area contributed by atoms with Gasteiger partial charge >= 0.3 is 5.97 Å². The van der Waals surface area contributed by atoms with Crippen LogP contribution in [0.4, 0.5) is 11.4 Å². The SMILES string of the molecule is Cc1cc([C@@H](C)Nc2ccccc2C(=O)O)c2oc3c(N4CCC(C)(C)CC4)ccnc3c2c1. The van der Waals surface area contributed by atoms with Crippen LogP contribution in [0.25, 0.3) is 22.1 Å². The maximum Gasteiger partial charge on any atom is 0.337 e. The van der Waals surface area contributed by atoms with E-state index in [1.807, 2.05) is 19.2 Å². The number of rotatable bonds is 5. The zero-order valence-corrected chi connectivity index (χ0v) is 20.2. The van der Waals surface area contributed by atoms with Crippen molar-refractivity contribution in [1.82, 2.24) is 4.98 Å². The number of hydrogen-bond acceptors (Lipinski definition) is 5. The molecule has 2 aromatic heterocycles. The standard InChI is InChI=1S/C28H31N3O3/c1-17-15-20(18(2)30-22-8-6-5-7-19(22)27(32)33)25-21(16-17)24-26(34-25)23(9-12-29-24)31-13-10-28(3,4)11-14-31/h5-9,12,15-16,18,30H,10-11,13-14H2,1-4H3,(H,32,33)/t18-/m1/s1. The molecule has 1 saturated heterocycles. The molecule has 0 unspecified atom stereocenters. The zero-order chi connectivity index (χ0) is 24.0. The quantitative estimate of drug-likeness (QED) is 0.344. The molecule has 34 heavy (non-hydrogen) atoms. The molecular weight excluding hydrogens is 426 g/mol. The summed E-state index contributed by atoms with van der Waals surface area (Å²) in [6.45, 7) is 10.8. The third kappa shape index (κ3) is 3.98. The Morgan fingerprint density at radius 1 is 1.15 bits per heavy atom. The fourth-order valence-corrected chi connectivity index (χ4v) is 4.95. The summed E-state index contributed by atoms with van der Waals surface area (Å²) >= 11 is 0. The van der Waals surface area contributed by atoms with Crippen LogP contribution in [0.1, 0.15) is 61.1 Å². The van der Waals surface area contributed by atoms with Crippen molar-refractivity contribution < 1.29 is 14.3 Å². The van der Waals surface area contributed by atoms with Crippen molar-refractivity contribution in [3.05, 3.63) is 65.4 Å². The van der Waals surface area contributed by atoms with Crippen molar-refractivity contribution in [2.45, 2.75) is 46.6 Å². The number of benzene rings is 2. The van der Waals surface area contributed by atoms with E-state index in [4.69, 9.17) is 9.40 Å². The molecule has 0 bridgehead atoms. The van der Waals surface area contributed by atoms with Gasteiger partial charge in [0.15, 0.2) is 5.58 Å². The van der Waals surface area contributed by atoms with E-state index >= 15 is 0 Å². The number of nitrogens with one attached hydrogen (secondary N) is 1. The summed E-state index contributed by atoms with van der Waals surface area (Å²) in [5.41, 5.74) is 6.89. The molecule has 1 aliphatic heterocycles. The molecule has 4 aromatic rings. The van der Waals surface area contributed by atoms with Crippen LogP contribution in [0, 0.1) is 12.3 Å². The molecule has 0 spiro atoms. The number of aryl methyl sites for hydroxylation is 1. The Balaban J connectivity index is 1.58. The van der Waals surface area contributed by atoms with E-state index in [9.17, 15) is 9.90 Å². The van der Waals surface area contributed by atoms with Crippen LogP contribution in [0.2, 0.25) is 0 Å². The van der Waals surface area contributed by atoms with Crippen LogP contribution in [0.3, 0.4) is 0 Å². The van der Waals surface area contributed by atoms with Crippen molar-refractivity contribution in [3.8, 4) is 0 Å². The van der Waals surface area contributed by atoms with Gasteiger partial charge in [-0.3, -0.25) is 4.98 Å².